The maximum Gasteiger partial charge on any atom is 2.00 e. The minimum Gasteiger partial charge on any atom is -0.375 e. The number of rotatable bonds is 5. The Morgan fingerprint density at radius 1 is 1.04 bits per heavy atom. The molecule has 2 saturated carbocycles. The molecule has 0 heterocycles. The van der Waals surface area contributed by atoms with Crippen LogP contribution in [0.4, 0.5) is 11.4 Å². The summed E-state index contributed by atoms with van der Waals surface area (Å²) < 4.78 is 1.09. The molecule has 10 radical (unpaired) electrons. The molecule has 2 aliphatic rings. The van der Waals surface area contributed by atoms with Gasteiger partial charge in [-0.3, -0.25) is 10.1 Å². The van der Waals surface area contributed by atoms with Crippen LogP contribution < -0.4 is 5.32 Å². The molecule has 1 aromatic rings. The Hall–Kier alpha value is -0.591. The molecular formula is C19H17FeIN2O2+2. The van der Waals surface area contributed by atoms with E-state index in [1.165, 1.54) is 6.07 Å². The molecule has 0 amide bonds. The van der Waals surface area contributed by atoms with Gasteiger partial charge in [0.25, 0.3) is 5.69 Å². The Morgan fingerprint density at radius 3 is 2.16 bits per heavy atom. The summed E-state index contributed by atoms with van der Waals surface area (Å²) in [5.74, 6) is 1.13. The van der Waals surface area contributed by atoms with Gasteiger partial charge in [-0.1, -0.05) is 18.2 Å². The van der Waals surface area contributed by atoms with Gasteiger partial charge in [0.1, 0.15) is 5.69 Å². The van der Waals surface area contributed by atoms with E-state index in [1.807, 2.05) is 63.9 Å². The van der Waals surface area contributed by atoms with Crippen LogP contribution >= 0.6 is 22.6 Å². The zero-order valence-corrected chi connectivity index (χ0v) is 16.5. The summed E-state index contributed by atoms with van der Waals surface area (Å²) in [6.45, 7) is 0.566. The fourth-order valence-electron chi connectivity index (χ4n) is 2.00. The largest absolute Gasteiger partial charge is 2.00 e. The number of allylic oxidation sites excluding steroid dienone is 1. The zero-order valence-electron chi connectivity index (χ0n) is 13.3. The van der Waals surface area contributed by atoms with Gasteiger partial charge < -0.3 is 5.32 Å². The van der Waals surface area contributed by atoms with Crippen molar-refractivity contribution in [3.05, 3.63) is 108 Å². The van der Waals surface area contributed by atoms with Crippen LogP contribution in [0.2, 0.25) is 0 Å². The number of nitrogens with one attached hydrogen (secondary N) is 1. The van der Waals surface area contributed by atoms with Crippen LogP contribution in [-0.2, 0) is 17.1 Å². The van der Waals surface area contributed by atoms with E-state index < -0.39 is 0 Å². The van der Waals surface area contributed by atoms with Gasteiger partial charge in [-0.05, 0) is 86.4 Å². The molecule has 6 heteroatoms. The topological polar surface area (TPSA) is 55.2 Å². The molecule has 3 rings (SSSR count). The number of nitrogens with zero attached hydrogens (tertiary/aromatic N) is 1. The fourth-order valence-corrected chi connectivity index (χ4v) is 2.55. The summed E-state index contributed by atoms with van der Waals surface area (Å²) in [5, 5.41) is 14.0. The molecule has 4 nitrogen and oxygen atoms in total. The van der Waals surface area contributed by atoms with Crippen molar-refractivity contribution in [3.63, 3.8) is 0 Å². The first-order chi connectivity index (χ1) is 11.7. The third kappa shape index (κ3) is 8.56. The van der Waals surface area contributed by atoms with Gasteiger partial charge >= 0.3 is 17.1 Å². The van der Waals surface area contributed by atoms with E-state index in [0.717, 1.165) is 9.50 Å². The van der Waals surface area contributed by atoms with Gasteiger partial charge in [-0.25, -0.2) is 0 Å². The van der Waals surface area contributed by atoms with Crippen molar-refractivity contribution in [3.8, 4) is 0 Å². The van der Waals surface area contributed by atoms with Crippen molar-refractivity contribution in [2.75, 3.05) is 11.9 Å². The maximum absolute atomic E-state index is 10.9. The second-order valence-electron chi connectivity index (χ2n) is 4.90. The van der Waals surface area contributed by atoms with E-state index in [0.29, 0.717) is 12.2 Å². The molecule has 2 fully saturated rings. The second kappa shape index (κ2) is 12.7. The Kier molecular flexibility index (Phi) is 11.4. The first kappa shape index (κ1) is 22.5. The normalized spacial score (nSPS) is 17.4. The average Bonchev–Trinajstić information content (AvgIpc) is 3.29. The summed E-state index contributed by atoms with van der Waals surface area (Å²) in [6.07, 6.45) is 20.0. The molecule has 1 aromatic carbocycles. The molecule has 0 unspecified atom stereocenters. The van der Waals surface area contributed by atoms with Crippen molar-refractivity contribution >= 4 is 34.0 Å². The third-order valence-electron chi connectivity index (χ3n) is 3.12. The standard InChI is InChI=1S/C14H12IN2O2.C5H5.Fe/c15-12(9-11-5-1-2-6-11)10-16-13-7-3-4-8-14(13)17(18)19;1-2-4-5-3-1;/h1-9,16H,10H2;1-5H;/q;;+2/b12-9-;;. The Bertz CT molecular complexity index is 549. The van der Waals surface area contributed by atoms with Crippen LogP contribution in [-0.4, -0.2) is 11.5 Å². The molecule has 0 aliphatic heterocycles. The molecule has 1 N–H and O–H groups in total. The SMILES string of the molecule is O=[N+]([O-])c1ccccc1NC/C(I)=C/[C]1[CH][CH][CH][CH]1.[CH]1[CH][CH][CH][CH]1.[Fe+2]. The quantitative estimate of drug-likeness (QED) is 0.282. The summed E-state index contributed by atoms with van der Waals surface area (Å²) in [6, 6.07) is 6.65. The van der Waals surface area contributed by atoms with Gasteiger partial charge in [0, 0.05) is 22.1 Å². The third-order valence-corrected chi connectivity index (χ3v) is 3.81. The summed E-state index contributed by atoms with van der Waals surface area (Å²) in [5.41, 5.74) is 0.637. The number of hydrogen-bond donors (Lipinski definition) is 1. The second-order valence-corrected chi connectivity index (χ2v) is 6.29. The number of nitro groups is 1. The molecule has 0 aromatic heterocycles. The van der Waals surface area contributed by atoms with Gasteiger partial charge in [0.2, 0.25) is 0 Å². The van der Waals surface area contributed by atoms with Crippen molar-refractivity contribution in [1.82, 2.24) is 0 Å². The Balaban J connectivity index is 0.000000448. The predicted molar refractivity (Wildman–Crippen MR) is 106 cm³/mol. The number of benzene rings is 1. The minimum absolute atomic E-state index is 0. The van der Waals surface area contributed by atoms with Gasteiger partial charge in [0.15, 0.2) is 0 Å². The van der Waals surface area contributed by atoms with Crippen LogP contribution in [0.3, 0.4) is 0 Å². The molecule has 0 atom stereocenters. The average molecular weight is 488 g/mol. The Labute approximate surface area is 175 Å². The fraction of sp³-hybridized carbons (Fsp3) is 0.0526. The summed E-state index contributed by atoms with van der Waals surface area (Å²) in [7, 11) is 0. The predicted octanol–water partition coefficient (Wildman–Crippen LogP) is 4.75. The molecule has 0 saturated heterocycles. The molecule has 128 valence electrons. The minimum atomic E-state index is -0.379. The van der Waals surface area contributed by atoms with Crippen LogP contribution in [0.15, 0.2) is 33.9 Å². The number of hydrogen-bond acceptors (Lipinski definition) is 3. The molecule has 0 spiro atoms. The van der Waals surface area contributed by atoms with Crippen LogP contribution in [0.1, 0.15) is 0 Å². The van der Waals surface area contributed by atoms with E-state index in [2.05, 4.69) is 27.9 Å². The smallest absolute Gasteiger partial charge is 0.375 e. The van der Waals surface area contributed by atoms with Gasteiger partial charge in [0.05, 0.1) is 4.92 Å². The van der Waals surface area contributed by atoms with E-state index in [-0.39, 0.29) is 27.7 Å². The van der Waals surface area contributed by atoms with E-state index in [1.54, 1.807) is 18.2 Å². The number of para-hydroxylation sites is 2. The van der Waals surface area contributed by atoms with Crippen LogP contribution in [0.5, 0.6) is 0 Å². The van der Waals surface area contributed by atoms with Gasteiger partial charge in [-0.15, -0.1) is 0 Å². The zero-order chi connectivity index (χ0) is 17.2. The summed E-state index contributed by atoms with van der Waals surface area (Å²) in [4.78, 5) is 10.5. The molecular weight excluding hydrogens is 471 g/mol. The van der Waals surface area contributed by atoms with Crippen LogP contribution in [0.25, 0.3) is 0 Å². The van der Waals surface area contributed by atoms with Crippen molar-refractivity contribution in [2.24, 2.45) is 0 Å². The summed E-state index contributed by atoms with van der Waals surface area (Å²) >= 11 is 2.23. The maximum atomic E-state index is 10.9. The first-order valence-corrected chi connectivity index (χ1v) is 8.46. The monoisotopic (exact) mass is 488 g/mol. The first-order valence-electron chi connectivity index (χ1n) is 7.38. The van der Waals surface area contributed by atoms with E-state index >= 15 is 0 Å². The van der Waals surface area contributed by atoms with E-state index in [9.17, 15) is 10.1 Å². The number of nitro benzene ring substituents is 1. The van der Waals surface area contributed by atoms with Crippen LogP contribution in [0, 0.1) is 73.8 Å². The number of halogens is 1. The molecule has 0 bridgehead atoms. The molecule has 2 aliphatic carbocycles. The van der Waals surface area contributed by atoms with Gasteiger partial charge in [-0.2, -0.15) is 0 Å². The number of anilines is 1. The Morgan fingerprint density at radius 2 is 1.60 bits per heavy atom. The molecule has 25 heavy (non-hydrogen) atoms. The van der Waals surface area contributed by atoms with Crippen molar-refractivity contribution < 1.29 is 22.0 Å². The van der Waals surface area contributed by atoms with Crippen molar-refractivity contribution in [1.29, 1.82) is 0 Å². The van der Waals surface area contributed by atoms with E-state index in [4.69, 9.17) is 0 Å². The van der Waals surface area contributed by atoms with Crippen molar-refractivity contribution in [2.45, 2.75) is 0 Å².